The molecule has 4 aromatic rings. The summed E-state index contributed by atoms with van der Waals surface area (Å²) in [6, 6.07) is 12.6. The Hall–Kier alpha value is -5.12. The van der Waals surface area contributed by atoms with Crippen LogP contribution < -0.4 is 16.2 Å². The van der Waals surface area contributed by atoms with Crippen molar-refractivity contribution >= 4 is 35.2 Å². The van der Waals surface area contributed by atoms with Crippen molar-refractivity contribution in [3.8, 4) is 0 Å². The molecule has 0 fully saturated rings. The van der Waals surface area contributed by atoms with Gasteiger partial charge >= 0.3 is 0 Å². The predicted octanol–water partition coefficient (Wildman–Crippen LogP) is 3.83. The molecule has 2 aromatic heterocycles. The first-order valence-corrected chi connectivity index (χ1v) is 11.6. The molecule has 0 radical (unpaired) electrons. The van der Waals surface area contributed by atoms with E-state index in [2.05, 4.69) is 20.6 Å². The number of H-pyrrole nitrogens is 1. The minimum absolute atomic E-state index is 0.0461. The Bertz CT molecular complexity index is 1660. The fraction of sp³-hybridized carbons (Fsp3) is 0.0714. The van der Waals surface area contributed by atoms with Gasteiger partial charge in [-0.3, -0.25) is 14.4 Å². The maximum Gasteiger partial charge on any atom is 0.282 e. The highest BCUT2D eigenvalue weighted by Crippen LogP contribution is 2.33. The van der Waals surface area contributed by atoms with Crippen LogP contribution in [-0.2, 0) is 11.3 Å². The first-order valence-electron chi connectivity index (χ1n) is 11.6. The van der Waals surface area contributed by atoms with Crippen molar-refractivity contribution < 1.29 is 18.4 Å². The van der Waals surface area contributed by atoms with Gasteiger partial charge in [-0.2, -0.15) is 0 Å². The Kier molecular flexibility index (Phi) is 6.77. The van der Waals surface area contributed by atoms with Gasteiger partial charge in [-0.15, -0.1) is 0 Å². The first kappa shape index (κ1) is 24.6. The number of fused-ring (bicyclic) bond motifs is 1. The number of rotatable bonds is 7. The molecule has 190 valence electrons. The lowest BCUT2D eigenvalue weighted by atomic mass is 10.0. The molecular formula is C28H21F2N5O3. The molecule has 2 aromatic carbocycles. The maximum absolute atomic E-state index is 13.5. The summed E-state index contributed by atoms with van der Waals surface area (Å²) in [4.78, 5) is 44.6. The van der Waals surface area contributed by atoms with E-state index < -0.39 is 23.1 Å². The third kappa shape index (κ3) is 5.19. The van der Waals surface area contributed by atoms with Crippen LogP contribution in [0, 0.1) is 11.6 Å². The zero-order valence-electron chi connectivity index (χ0n) is 19.9. The average Bonchev–Trinajstić information content (AvgIpc) is 3.53. The molecule has 0 aliphatic carbocycles. The van der Waals surface area contributed by atoms with Crippen molar-refractivity contribution in [1.82, 2.24) is 19.9 Å². The second kappa shape index (κ2) is 10.5. The fourth-order valence-corrected chi connectivity index (χ4v) is 4.04. The van der Waals surface area contributed by atoms with E-state index in [4.69, 9.17) is 0 Å². The van der Waals surface area contributed by atoms with Crippen molar-refractivity contribution in [3.05, 3.63) is 123 Å². The number of amides is 2. The Balaban J connectivity index is 1.22. The van der Waals surface area contributed by atoms with Gasteiger partial charge in [0.1, 0.15) is 0 Å². The highest BCUT2D eigenvalue weighted by Gasteiger charge is 2.24. The Morgan fingerprint density at radius 1 is 1.08 bits per heavy atom. The van der Waals surface area contributed by atoms with Gasteiger partial charge in [0.2, 0.25) is 0 Å². The third-order valence-electron chi connectivity index (χ3n) is 5.90. The van der Waals surface area contributed by atoms with Crippen LogP contribution >= 0.6 is 0 Å². The summed E-state index contributed by atoms with van der Waals surface area (Å²) in [7, 11) is 0. The third-order valence-corrected chi connectivity index (χ3v) is 5.90. The predicted molar refractivity (Wildman–Crippen MR) is 139 cm³/mol. The molecule has 8 nitrogen and oxygen atoms in total. The summed E-state index contributed by atoms with van der Waals surface area (Å²) in [5, 5.41) is 5.47. The molecule has 0 bridgehead atoms. The highest BCUT2D eigenvalue weighted by molar-refractivity contribution is 6.34. The number of carbonyl (C=O) groups is 2. The highest BCUT2D eigenvalue weighted by atomic mass is 19.2. The van der Waals surface area contributed by atoms with E-state index in [9.17, 15) is 23.2 Å². The smallest absolute Gasteiger partial charge is 0.282 e. The van der Waals surface area contributed by atoms with Gasteiger partial charge in [0.05, 0.1) is 12.1 Å². The zero-order chi connectivity index (χ0) is 26.6. The number of hydrogen-bond donors (Lipinski definition) is 3. The van der Waals surface area contributed by atoms with E-state index in [1.54, 1.807) is 24.4 Å². The van der Waals surface area contributed by atoms with Crippen LogP contribution in [0.4, 0.5) is 14.5 Å². The molecule has 10 heteroatoms. The quantitative estimate of drug-likeness (QED) is 0.326. The van der Waals surface area contributed by atoms with Crippen LogP contribution in [-0.4, -0.2) is 32.9 Å². The van der Waals surface area contributed by atoms with Gasteiger partial charge in [-0.1, -0.05) is 30.4 Å². The lowest BCUT2D eigenvalue weighted by molar-refractivity contribution is -0.110. The number of aromatic amines is 1. The lowest BCUT2D eigenvalue weighted by Gasteiger charge is -2.08. The molecule has 3 heterocycles. The van der Waals surface area contributed by atoms with Crippen molar-refractivity contribution in [3.63, 3.8) is 0 Å². The van der Waals surface area contributed by atoms with Crippen LogP contribution in [0.3, 0.4) is 0 Å². The molecule has 0 unspecified atom stereocenters. The summed E-state index contributed by atoms with van der Waals surface area (Å²) in [5.74, 6) is -2.86. The van der Waals surface area contributed by atoms with Crippen molar-refractivity contribution in [2.24, 2.45) is 0 Å². The number of carbonyl (C=O) groups excluding carboxylic acids is 2. The number of benzene rings is 2. The standard InChI is InChI=1S/C28H21F2N5O3/c29-22-8-6-18(13-23(22)30)16-35-12-11-32-25(28(35)38)27(37)33-10-1-3-17-5-7-20-21(15-19-4-2-9-31-19)26(36)34-24(20)14-17/h1-9,11-15,31H,10,16H2,(H,33,37)(H,34,36). The molecule has 0 saturated carbocycles. The summed E-state index contributed by atoms with van der Waals surface area (Å²) < 4.78 is 27.8. The normalized spacial score (nSPS) is 13.6. The van der Waals surface area contributed by atoms with E-state index in [1.807, 2.05) is 30.3 Å². The summed E-state index contributed by atoms with van der Waals surface area (Å²) >= 11 is 0. The molecule has 3 N–H and O–H groups in total. The van der Waals surface area contributed by atoms with Gasteiger partial charge in [0.25, 0.3) is 17.4 Å². The van der Waals surface area contributed by atoms with Gasteiger partial charge in [0, 0.05) is 42.1 Å². The number of nitrogens with one attached hydrogen (secondary N) is 3. The van der Waals surface area contributed by atoms with E-state index in [0.717, 1.165) is 29.0 Å². The first-order chi connectivity index (χ1) is 18.4. The number of halogens is 2. The van der Waals surface area contributed by atoms with Gasteiger partial charge in [0.15, 0.2) is 17.3 Å². The van der Waals surface area contributed by atoms with Crippen LogP contribution in [0.15, 0.2) is 78.0 Å². The Labute approximate surface area is 215 Å². The fourth-order valence-electron chi connectivity index (χ4n) is 4.04. The number of hydrogen-bond acceptors (Lipinski definition) is 4. The van der Waals surface area contributed by atoms with Crippen LogP contribution in [0.5, 0.6) is 0 Å². The monoisotopic (exact) mass is 513 g/mol. The molecule has 5 rings (SSSR count). The van der Waals surface area contributed by atoms with E-state index in [-0.39, 0.29) is 24.7 Å². The topological polar surface area (TPSA) is 109 Å². The zero-order valence-corrected chi connectivity index (χ0v) is 19.9. The van der Waals surface area contributed by atoms with E-state index in [0.29, 0.717) is 16.8 Å². The summed E-state index contributed by atoms with van der Waals surface area (Å²) in [6.45, 7) is 0.0783. The van der Waals surface area contributed by atoms with Crippen LogP contribution in [0.2, 0.25) is 0 Å². The molecule has 0 atom stereocenters. The number of anilines is 1. The minimum atomic E-state index is -1.02. The lowest BCUT2D eigenvalue weighted by Crippen LogP contribution is -2.34. The molecule has 1 aliphatic heterocycles. The second-order valence-corrected chi connectivity index (χ2v) is 8.51. The second-order valence-electron chi connectivity index (χ2n) is 8.51. The molecule has 2 amide bonds. The summed E-state index contributed by atoms with van der Waals surface area (Å²) in [5.41, 5.74) is 3.08. The summed E-state index contributed by atoms with van der Waals surface area (Å²) in [6.07, 6.45) is 9.71. The van der Waals surface area contributed by atoms with E-state index >= 15 is 0 Å². The molecule has 1 aliphatic rings. The minimum Gasteiger partial charge on any atom is -0.362 e. The largest absolute Gasteiger partial charge is 0.362 e. The van der Waals surface area contributed by atoms with Crippen LogP contribution in [0.25, 0.3) is 17.7 Å². The Morgan fingerprint density at radius 2 is 1.95 bits per heavy atom. The molecule has 0 spiro atoms. The number of nitrogens with zero attached hydrogens (tertiary/aromatic N) is 2. The van der Waals surface area contributed by atoms with Gasteiger partial charge in [-0.25, -0.2) is 13.8 Å². The van der Waals surface area contributed by atoms with E-state index in [1.165, 1.54) is 23.0 Å². The average molecular weight is 514 g/mol. The van der Waals surface area contributed by atoms with Crippen LogP contribution in [0.1, 0.15) is 32.9 Å². The molecule has 38 heavy (non-hydrogen) atoms. The van der Waals surface area contributed by atoms with Gasteiger partial charge < -0.3 is 20.2 Å². The van der Waals surface area contributed by atoms with Crippen molar-refractivity contribution in [2.45, 2.75) is 6.54 Å². The number of aromatic nitrogens is 3. The molecule has 0 saturated heterocycles. The molecular weight excluding hydrogens is 492 g/mol. The van der Waals surface area contributed by atoms with Gasteiger partial charge in [-0.05, 0) is 47.5 Å². The SMILES string of the molecule is O=C1Nc2cc(C=CCNC(=O)c3nccn(Cc4ccc(F)c(F)c4)c3=O)ccc2C1=Cc1ccc[nH]1. The maximum atomic E-state index is 13.5. The van der Waals surface area contributed by atoms with Crippen molar-refractivity contribution in [2.75, 3.05) is 11.9 Å². The van der Waals surface area contributed by atoms with Crippen molar-refractivity contribution in [1.29, 1.82) is 0 Å². The Morgan fingerprint density at radius 3 is 2.74 bits per heavy atom.